The van der Waals surface area contributed by atoms with E-state index in [1.54, 1.807) is 7.05 Å². The van der Waals surface area contributed by atoms with E-state index in [2.05, 4.69) is 15.7 Å². The summed E-state index contributed by atoms with van der Waals surface area (Å²) in [6, 6.07) is 1.78. The molecule has 10 heteroatoms. The van der Waals surface area contributed by atoms with Gasteiger partial charge in [-0.05, 0) is 12.1 Å². The Labute approximate surface area is 151 Å². The van der Waals surface area contributed by atoms with Crippen LogP contribution in [0, 0.1) is 5.82 Å². The van der Waals surface area contributed by atoms with E-state index in [1.165, 1.54) is 21.7 Å². The highest BCUT2D eigenvalue weighted by Crippen LogP contribution is 2.38. The molecule has 2 aliphatic heterocycles. The van der Waals surface area contributed by atoms with Gasteiger partial charge in [-0.1, -0.05) is 6.08 Å². The topological polar surface area (TPSA) is 79.3 Å². The fourth-order valence-corrected chi connectivity index (χ4v) is 3.39. The number of anilines is 1. The number of nitrogens with one attached hydrogen (secondary N) is 2. The van der Waals surface area contributed by atoms with E-state index < -0.39 is 30.2 Å². The molecule has 1 saturated heterocycles. The lowest BCUT2D eigenvalue weighted by Crippen LogP contribution is -2.49. The van der Waals surface area contributed by atoms with Crippen LogP contribution in [-0.4, -0.2) is 47.3 Å². The molecule has 7 nitrogen and oxygen atoms in total. The summed E-state index contributed by atoms with van der Waals surface area (Å²) in [6.45, 7) is -0.231. The average molecular weight is 379 g/mol. The highest BCUT2D eigenvalue weighted by atomic mass is 19.3. The highest BCUT2D eigenvalue weighted by Gasteiger charge is 2.38. The van der Waals surface area contributed by atoms with Crippen molar-refractivity contribution in [3.8, 4) is 0 Å². The van der Waals surface area contributed by atoms with Crippen LogP contribution in [0.25, 0.3) is 16.5 Å². The molecular formula is C17H16F3N5O2. The minimum atomic E-state index is -3.19. The van der Waals surface area contributed by atoms with E-state index in [4.69, 9.17) is 0 Å². The number of aromatic nitrogens is 2. The van der Waals surface area contributed by atoms with Gasteiger partial charge < -0.3 is 5.32 Å². The second-order valence-corrected chi connectivity index (χ2v) is 6.50. The molecule has 1 aromatic carbocycles. The van der Waals surface area contributed by atoms with Gasteiger partial charge in [0.1, 0.15) is 5.82 Å². The molecular weight excluding hydrogens is 363 g/mol. The predicted molar refractivity (Wildman–Crippen MR) is 92.0 cm³/mol. The van der Waals surface area contributed by atoms with Crippen molar-refractivity contribution >= 4 is 34.2 Å². The normalized spacial score (nSPS) is 20.0. The Morgan fingerprint density at radius 3 is 2.74 bits per heavy atom. The van der Waals surface area contributed by atoms with Gasteiger partial charge >= 0.3 is 6.03 Å². The molecule has 0 aliphatic carbocycles. The molecule has 2 aromatic rings. The van der Waals surface area contributed by atoms with Gasteiger partial charge in [-0.15, -0.1) is 0 Å². The Balaban J connectivity index is 1.83. The molecule has 27 heavy (non-hydrogen) atoms. The van der Waals surface area contributed by atoms with Crippen LogP contribution in [0.5, 0.6) is 0 Å². The van der Waals surface area contributed by atoms with Crippen molar-refractivity contribution in [3.05, 3.63) is 29.6 Å². The van der Waals surface area contributed by atoms with Gasteiger partial charge in [-0.2, -0.15) is 13.9 Å². The van der Waals surface area contributed by atoms with Crippen LogP contribution >= 0.6 is 0 Å². The first-order valence-electron chi connectivity index (χ1n) is 8.35. The number of amides is 3. The Morgan fingerprint density at radius 2 is 2.04 bits per heavy atom. The number of rotatable bonds is 2. The van der Waals surface area contributed by atoms with Crippen molar-refractivity contribution in [2.45, 2.75) is 12.3 Å². The molecule has 0 atom stereocenters. The van der Waals surface area contributed by atoms with Crippen LogP contribution in [0.15, 0.2) is 18.2 Å². The smallest absolute Gasteiger partial charge is 0.307 e. The maximum absolute atomic E-state index is 14.8. The lowest BCUT2D eigenvalue weighted by atomic mass is 9.95. The number of carbonyl (C=O) groups excluding carboxylic acids is 2. The number of nitrogens with zero attached hydrogens (tertiary/aromatic N) is 3. The second kappa shape index (κ2) is 6.08. The maximum atomic E-state index is 14.8. The number of urea groups is 1. The molecule has 2 N–H and O–H groups in total. The number of fused-ring (bicyclic) bond motifs is 1. The fraction of sp³-hybridized carbons (Fsp3) is 0.353. The molecule has 4 rings (SSSR count). The van der Waals surface area contributed by atoms with Crippen molar-refractivity contribution in [2.24, 2.45) is 7.05 Å². The zero-order valence-corrected chi connectivity index (χ0v) is 14.4. The maximum Gasteiger partial charge on any atom is 0.329 e. The molecule has 3 amide bonds. The largest absolute Gasteiger partial charge is 0.329 e. The first kappa shape index (κ1) is 17.5. The van der Waals surface area contributed by atoms with E-state index in [9.17, 15) is 22.8 Å². The summed E-state index contributed by atoms with van der Waals surface area (Å²) in [4.78, 5) is 24.6. The number of imide groups is 1. The molecule has 0 bridgehead atoms. The zero-order valence-electron chi connectivity index (χ0n) is 14.4. The lowest BCUT2D eigenvalue weighted by Gasteiger charge is -2.26. The second-order valence-electron chi connectivity index (χ2n) is 6.50. The van der Waals surface area contributed by atoms with Crippen LogP contribution in [-0.2, 0) is 11.8 Å². The Morgan fingerprint density at radius 1 is 1.26 bits per heavy atom. The average Bonchev–Trinajstić information content (AvgIpc) is 2.90. The summed E-state index contributed by atoms with van der Waals surface area (Å²) < 4.78 is 44.6. The van der Waals surface area contributed by atoms with Gasteiger partial charge in [0, 0.05) is 43.1 Å². The van der Waals surface area contributed by atoms with Crippen LogP contribution in [0.1, 0.15) is 12.0 Å². The Bertz CT molecular complexity index is 998. The van der Waals surface area contributed by atoms with E-state index in [-0.39, 0.29) is 36.5 Å². The van der Waals surface area contributed by atoms with Gasteiger partial charge in [0.25, 0.3) is 5.92 Å². The monoisotopic (exact) mass is 379 g/mol. The summed E-state index contributed by atoms with van der Waals surface area (Å²) in [6.07, 6.45) is 1.37. The third kappa shape index (κ3) is 2.85. The van der Waals surface area contributed by atoms with Crippen molar-refractivity contribution in [1.82, 2.24) is 20.4 Å². The summed E-state index contributed by atoms with van der Waals surface area (Å²) >= 11 is 0. The van der Waals surface area contributed by atoms with Crippen LogP contribution < -0.4 is 15.5 Å². The fourth-order valence-electron chi connectivity index (χ4n) is 3.39. The molecule has 3 heterocycles. The number of halogens is 3. The number of hydrogen-bond acceptors (Lipinski definition) is 4. The standard InChI is InChI=1S/C17H16F3N5O2/c1-24-13-7-9(11-2-4-21-8-17(11,19)20)12(18)6-10(13)15(23-24)25-5-3-14(26)22-16(25)27/h2,6-7,21H,3-5,8H2,1H3,(H,22,26,27). The summed E-state index contributed by atoms with van der Waals surface area (Å²) in [5, 5.41) is 9.28. The third-order valence-corrected chi connectivity index (χ3v) is 4.71. The highest BCUT2D eigenvalue weighted by molar-refractivity contribution is 6.09. The van der Waals surface area contributed by atoms with Crippen LogP contribution in [0.4, 0.5) is 23.8 Å². The minimum absolute atomic E-state index is 0.0937. The third-order valence-electron chi connectivity index (χ3n) is 4.71. The number of carbonyl (C=O) groups is 2. The first-order valence-corrected chi connectivity index (χ1v) is 8.35. The quantitative estimate of drug-likeness (QED) is 0.834. The lowest BCUT2D eigenvalue weighted by molar-refractivity contribution is -0.120. The predicted octanol–water partition coefficient (Wildman–Crippen LogP) is 1.78. The summed E-state index contributed by atoms with van der Waals surface area (Å²) in [7, 11) is 1.58. The van der Waals surface area contributed by atoms with Gasteiger partial charge in [0.15, 0.2) is 5.82 Å². The van der Waals surface area contributed by atoms with E-state index in [1.807, 2.05) is 0 Å². The van der Waals surface area contributed by atoms with E-state index >= 15 is 0 Å². The molecule has 1 aromatic heterocycles. The van der Waals surface area contributed by atoms with Crippen LogP contribution in [0.3, 0.4) is 0 Å². The Hall–Kier alpha value is -2.88. The summed E-state index contributed by atoms with van der Waals surface area (Å²) in [5.74, 6) is -4.24. The van der Waals surface area contributed by atoms with Crippen molar-refractivity contribution < 1.29 is 22.8 Å². The molecule has 142 valence electrons. The van der Waals surface area contributed by atoms with Crippen LogP contribution in [0.2, 0.25) is 0 Å². The van der Waals surface area contributed by atoms with Gasteiger partial charge in [-0.3, -0.25) is 19.7 Å². The van der Waals surface area contributed by atoms with Crippen molar-refractivity contribution in [3.63, 3.8) is 0 Å². The molecule has 0 radical (unpaired) electrons. The number of hydrogen-bond donors (Lipinski definition) is 2. The molecule has 0 saturated carbocycles. The van der Waals surface area contributed by atoms with E-state index in [0.29, 0.717) is 10.9 Å². The number of benzene rings is 1. The molecule has 0 spiro atoms. The van der Waals surface area contributed by atoms with E-state index in [0.717, 1.165) is 6.07 Å². The minimum Gasteiger partial charge on any atom is -0.307 e. The van der Waals surface area contributed by atoms with Gasteiger partial charge in [-0.25, -0.2) is 9.18 Å². The first-order chi connectivity index (χ1) is 12.8. The SMILES string of the molecule is Cn1nc(N2CCC(=O)NC2=O)c2cc(F)c(C3=CCNCC3(F)F)cc21. The Kier molecular flexibility index (Phi) is 3.95. The molecule has 2 aliphatic rings. The number of aryl methyl sites for hydroxylation is 1. The molecule has 1 fully saturated rings. The zero-order chi connectivity index (χ0) is 19.3. The van der Waals surface area contributed by atoms with Crippen molar-refractivity contribution in [1.29, 1.82) is 0 Å². The molecule has 0 unspecified atom stereocenters. The van der Waals surface area contributed by atoms with Gasteiger partial charge in [0.2, 0.25) is 5.91 Å². The summed E-state index contributed by atoms with van der Waals surface area (Å²) in [5.41, 5.74) is -0.159. The van der Waals surface area contributed by atoms with Crippen molar-refractivity contribution in [2.75, 3.05) is 24.5 Å². The number of alkyl halides is 2. The van der Waals surface area contributed by atoms with Gasteiger partial charge in [0.05, 0.1) is 12.1 Å².